The van der Waals surface area contributed by atoms with E-state index >= 15 is 0 Å². The van der Waals surface area contributed by atoms with E-state index in [1.807, 2.05) is 24.3 Å². The zero-order valence-electron chi connectivity index (χ0n) is 19.0. The number of para-hydroxylation sites is 2. The van der Waals surface area contributed by atoms with Gasteiger partial charge in [0.25, 0.3) is 0 Å². The van der Waals surface area contributed by atoms with E-state index in [9.17, 15) is 4.79 Å². The molecule has 29 heavy (non-hydrogen) atoms. The summed E-state index contributed by atoms with van der Waals surface area (Å²) >= 11 is 0. The number of unbranched alkanes of at least 4 members (excludes halogenated alkanes) is 4. The van der Waals surface area contributed by atoms with Crippen molar-refractivity contribution in [2.45, 2.75) is 79.1 Å². The van der Waals surface area contributed by atoms with Crippen molar-refractivity contribution in [3.05, 3.63) is 30.1 Å². The number of hydrogen-bond donors (Lipinski definition) is 1. The van der Waals surface area contributed by atoms with E-state index in [2.05, 4.69) is 37.7 Å². The molecular formula is C24H41N2O2P. The third kappa shape index (κ3) is 6.04. The Labute approximate surface area is 177 Å². The number of benzene rings is 1. The van der Waals surface area contributed by atoms with Gasteiger partial charge in [-0.3, -0.25) is 0 Å². The van der Waals surface area contributed by atoms with Crippen molar-refractivity contribution in [2.75, 3.05) is 24.6 Å². The van der Waals surface area contributed by atoms with Crippen LogP contribution in [0.1, 0.15) is 89.7 Å². The van der Waals surface area contributed by atoms with Gasteiger partial charge in [0.2, 0.25) is 0 Å². The summed E-state index contributed by atoms with van der Waals surface area (Å²) in [7, 11) is 0. The first-order valence-electron chi connectivity index (χ1n) is 11.7. The summed E-state index contributed by atoms with van der Waals surface area (Å²) in [5.74, 6) is 0.125. The monoisotopic (exact) mass is 420 g/mol. The zero-order valence-corrected chi connectivity index (χ0v) is 19.9. The molecular weight excluding hydrogens is 379 g/mol. The van der Waals surface area contributed by atoms with Crippen LogP contribution < -0.4 is 0 Å². The summed E-state index contributed by atoms with van der Waals surface area (Å²) in [6.07, 6.45) is 13.4. The summed E-state index contributed by atoms with van der Waals surface area (Å²) in [4.78, 5) is 21.1. The van der Waals surface area contributed by atoms with Crippen LogP contribution in [0.15, 0.2) is 24.3 Å². The van der Waals surface area contributed by atoms with Crippen molar-refractivity contribution < 1.29 is 9.32 Å². The van der Waals surface area contributed by atoms with Crippen LogP contribution in [-0.2, 0) is 4.52 Å². The van der Waals surface area contributed by atoms with E-state index in [4.69, 9.17) is 4.52 Å². The first kappa shape index (κ1) is 23.9. The molecule has 0 atom stereocenters. The maximum absolute atomic E-state index is 13.4. The van der Waals surface area contributed by atoms with Gasteiger partial charge in [0, 0.05) is 0 Å². The van der Waals surface area contributed by atoms with Crippen LogP contribution in [0.3, 0.4) is 0 Å². The number of hydrogen-bond acceptors (Lipinski definition) is 3. The molecule has 1 N–H and O–H groups in total. The maximum atomic E-state index is 13.4. The minimum absolute atomic E-state index is 0.238. The number of carbonyl (C=O) groups excluding carboxylic acids is 1. The number of carbonyl (C=O) groups is 1. The van der Waals surface area contributed by atoms with Gasteiger partial charge in [-0.05, 0) is 0 Å². The SMILES string of the molecule is CCCCP(CCCC)(CCCC)(CCCC)OC(=O)c1nc2ccccc2[nH]1. The van der Waals surface area contributed by atoms with Gasteiger partial charge >= 0.3 is 177 Å². The Morgan fingerprint density at radius 2 is 1.34 bits per heavy atom. The molecule has 5 heteroatoms. The second-order valence-electron chi connectivity index (χ2n) is 8.65. The Morgan fingerprint density at radius 1 is 0.862 bits per heavy atom. The molecule has 0 aliphatic carbocycles. The van der Waals surface area contributed by atoms with E-state index in [1.165, 1.54) is 0 Å². The quantitative estimate of drug-likeness (QED) is 0.324. The number of rotatable bonds is 14. The van der Waals surface area contributed by atoms with Crippen molar-refractivity contribution in [1.29, 1.82) is 0 Å². The molecule has 164 valence electrons. The van der Waals surface area contributed by atoms with Crippen LogP contribution in [0.2, 0.25) is 0 Å². The first-order valence-corrected chi connectivity index (χ1v) is 14.6. The molecule has 1 heterocycles. The number of aromatic nitrogens is 2. The van der Waals surface area contributed by atoms with Crippen molar-refractivity contribution in [2.24, 2.45) is 0 Å². The Morgan fingerprint density at radius 3 is 1.79 bits per heavy atom. The molecule has 2 rings (SSSR count). The fourth-order valence-electron chi connectivity index (χ4n) is 4.41. The summed E-state index contributed by atoms with van der Waals surface area (Å²) in [6, 6.07) is 7.80. The van der Waals surface area contributed by atoms with Crippen LogP contribution in [-0.4, -0.2) is 40.6 Å². The average Bonchev–Trinajstić information content (AvgIpc) is 3.18. The van der Waals surface area contributed by atoms with Gasteiger partial charge in [-0.1, -0.05) is 0 Å². The van der Waals surface area contributed by atoms with Crippen LogP contribution >= 0.6 is 6.83 Å². The third-order valence-electron chi connectivity index (χ3n) is 6.23. The van der Waals surface area contributed by atoms with Gasteiger partial charge in [0.15, 0.2) is 0 Å². The molecule has 0 bridgehead atoms. The molecule has 0 aliphatic heterocycles. The summed E-state index contributed by atoms with van der Waals surface area (Å²) in [5.41, 5.74) is 1.72. The summed E-state index contributed by atoms with van der Waals surface area (Å²) in [6.45, 7) is 6.33. The van der Waals surface area contributed by atoms with Gasteiger partial charge in [-0.15, -0.1) is 0 Å². The first-order chi connectivity index (χ1) is 14.0. The Bertz CT molecular complexity index is 695. The Balaban J connectivity index is 2.43. The normalized spacial score (nSPS) is 13.3. The van der Waals surface area contributed by atoms with E-state index < -0.39 is 6.83 Å². The van der Waals surface area contributed by atoms with E-state index in [0.717, 1.165) is 87.0 Å². The molecule has 1 aromatic heterocycles. The number of H-pyrrole nitrogens is 1. The fraction of sp³-hybridized carbons (Fsp3) is 0.667. The van der Waals surface area contributed by atoms with E-state index in [-0.39, 0.29) is 5.97 Å². The van der Waals surface area contributed by atoms with Gasteiger partial charge in [-0.25, -0.2) is 0 Å². The average molecular weight is 421 g/mol. The van der Waals surface area contributed by atoms with Crippen molar-refractivity contribution >= 4 is 23.8 Å². The Kier molecular flexibility index (Phi) is 9.14. The molecule has 0 radical (unpaired) electrons. The fourth-order valence-corrected chi connectivity index (χ4v) is 11.1. The van der Waals surface area contributed by atoms with Gasteiger partial charge in [0.05, 0.1) is 0 Å². The second kappa shape index (κ2) is 11.1. The van der Waals surface area contributed by atoms with Crippen molar-refractivity contribution in [3.8, 4) is 0 Å². The molecule has 2 aromatic rings. The molecule has 0 unspecified atom stereocenters. The minimum atomic E-state index is -2.63. The standard InChI is InChI=1S/C24H41N2O2P/c1-5-9-17-29(18-10-6-2,19-11-7-3,20-12-8-4)28-24(27)23-25-21-15-13-14-16-22(21)26-23/h13-16H,5-12,17-20H2,1-4H3,(H,25,26). The molecule has 4 nitrogen and oxygen atoms in total. The third-order valence-corrected chi connectivity index (χ3v) is 12.7. The van der Waals surface area contributed by atoms with Crippen molar-refractivity contribution in [3.63, 3.8) is 0 Å². The molecule has 1 aromatic carbocycles. The summed E-state index contributed by atoms with van der Waals surface area (Å²) in [5, 5.41) is 0. The topological polar surface area (TPSA) is 55.0 Å². The number of imidazole rings is 1. The Hall–Kier alpha value is -1.41. The van der Waals surface area contributed by atoms with Crippen LogP contribution in [0.25, 0.3) is 11.0 Å². The van der Waals surface area contributed by atoms with Gasteiger partial charge in [-0.2, -0.15) is 0 Å². The van der Waals surface area contributed by atoms with Gasteiger partial charge in [0.1, 0.15) is 0 Å². The van der Waals surface area contributed by atoms with E-state index in [0.29, 0.717) is 5.82 Å². The van der Waals surface area contributed by atoms with Crippen LogP contribution in [0, 0.1) is 0 Å². The van der Waals surface area contributed by atoms with Gasteiger partial charge < -0.3 is 0 Å². The predicted octanol–water partition coefficient (Wildman–Crippen LogP) is 7.39. The molecule has 0 spiro atoms. The number of aromatic amines is 1. The van der Waals surface area contributed by atoms with E-state index in [1.54, 1.807) is 0 Å². The molecule has 0 fully saturated rings. The molecule has 0 aliphatic rings. The number of nitrogens with one attached hydrogen (secondary N) is 1. The molecule has 0 amide bonds. The number of nitrogens with zero attached hydrogens (tertiary/aromatic N) is 1. The number of fused-ring (bicyclic) bond motifs is 1. The molecule has 0 saturated heterocycles. The zero-order chi connectivity index (χ0) is 21.2. The summed E-state index contributed by atoms with van der Waals surface area (Å²) < 4.78 is 6.75. The molecule has 0 saturated carbocycles. The second-order valence-corrected chi connectivity index (χ2v) is 14.3. The predicted molar refractivity (Wildman–Crippen MR) is 128 cm³/mol. The van der Waals surface area contributed by atoms with Crippen LogP contribution in [0.5, 0.6) is 0 Å². The van der Waals surface area contributed by atoms with Crippen LogP contribution in [0.4, 0.5) is 0 Å². The van der Waals surface area contributed by atoms with Crippen molar-refractivity contribution in [1.82, 2.24) is 9.97 Å².